The molecule has 0 saturated carbocycles. The third-order valence-corrected chi connectivity index (χ3v) is 3.27. The smallest absolute Gasteiger partial charge is 0.229 e. The lowest BCUT2D eigenvalue weighted by molar-refractivity contribution is -0.115. The second kappa shape index (κ2) is 8.17. The Hall–Kier alpha value is -2.56. The van der Waals surface area contributed by atoms with E-state index in [0.717, 1.165) is 23.5 Å². The summed E-state index contributed by atoms with van der Waals surface area (Å²) in [5.74, 6) is 1.81. The van der Waals surface area contributed by atoms with Crippen LogP contribution in [0.4, 0.5) is 11.5 Å². The van der Waals surface area contributed by atoms with Crippen LogP contribution in [-0.4, -0.2) is 24.5 Å². The molecule has 0 fully saturated rings. The highest BCUT2D eigenvalue weighted by Gasteiger charge is 2.05. The SMILES string of the molecule is COc1ccc(CC(=O)Nc2ccc(NCC(C)C)cn2)cc1. The van der Waals surface area contributed by atoms with Crippen LogP contribution in [0.15, 0.2) is 42.6 Å². The maximum atomic E-state index is 12.0. The van der Waals surface area contributed by atoms with Crippen molar-refractivity contribution in [1.82, 2.24) is 4.98 Å². The summed E-state index contributed by atoms with van der Waals surface area (Å²) in [5, 5.41) is 6.09. The van der Waals surface area contributed by atoms with Gasteiger partial charge in [-0.25, -0.2) is 4.98 Å². The second-order valence-corrected chi connectivity index (χ2v) is 5.78. The van der Waals surface area contributed by atoms with Crippen molar-refractivity contribution in [3.63, 3.8) is 0 Å². The molecule has 0 unspecified atom stereocenters. The molecule has 0 aliphatic heterocycles. The number of hydrogen-bond acceptors (Lipinski definition) is 4. The average Bonchev–Trinajstić information content (AvgIpc) is 2.55. The molecule has 5 nitrogen and oxygen atoms in total. The molecule has 0 aliphatic rings. The van der Waals surface area contributed by atoms with Gasteiger partial charge in [0, 0.05) is 6.54 Å². The van der Waals surface area contributed by atoms with E-state index in [0.29, 0.717) is 18.2 Å². The van der Waals surface area contributed by atoms with Crippen molar-refractivity contribution < 1.29 is 9.53 Å². The maximum absolute atomic E-state index is 12.0. The molecule has 0 saturated heterocycles. The first-order valence-electron chi connectivity index (χ1n) is 7.69. The van der Waals surface area contributed by atoms with Crippen LogP contribution < -0.4 is 15.4 Å². The molecule has 2 aromatic rings. The lowest BCUT2D eigenvalue weighted by atomic mass is 10.1. The van der Waals surface area contributed by atoms with Gasteiger partial charge in [-0.2, -0.15) is 0 Å². The standard InChI is InChI=1S/C18H23N3O2/c1-13(2)11-19-15-6-9-17(20-12-15)21-18(22)10-14-4-7-16(23-3)8-5-14/h4-9,12-13,19H,10-11H2,1-3H3,(H,20,21,22). The molecule has 2 N–H and O–H groups in total. The van der Waals surface area contributed by atoms with Gasteiger partial charge in [-0.3, -0.25) is 4.79 Å². The van der Waals surface area contributed by atoms with Crippen LogP contribution in [0, 0.1) is 5.92 Å². The number of aromatic nitrogens is 1. The number of benzene rings is 1. The molecule has 2 rings (SSSR count). The highest BCUT2D eigenvalue weighted by molar-refractivity contribution is 5.91. The van der Waals surface area contributed by atoms with Crippen LogP contribution in [0.2, 0.25) is 0 Å². The predicted octanol–water partition coefficient (Wildman–Crippen LogP) is 3.34. The van der Waals surface area contributed by atoms with E-state index in [9.17, 15) is 4.79 Å². The molecular formula is C18H23N3O2. The Morgan fingerprint density at radius 2 is 1.91 bits per heavy atom. The molecule has 0 bridgehead atoms. The molecule has 5 heteroatoms. The van der Waals surface area contributed by atoms with Crippen molar-refractivity contribution in [3.8, 4) is 5.75 Å². The third-order valence-electron chi connectivity index (χ3n) is 3.27. The van der Waals surface area contributed by atoms with Crippen LogP contribution in [0.5, 0.6) is 5.75 Å². The number of amides is 1. The van der Waals surface area contributed by atoms with E-state index in [1.165, 1.54) is 0 Å². The number of nitrogens with one attached hydrogen (secondary N) is 2. The fraction of sp³-hybridized carbons (Fsp3) is 0.333. The third kappa shape index (κ3) is 5.62. The lowest BCUT2D eigenvalue weighted by Crippen LogP contribution is -2.15. The highest BCUT2D eigenvalue weighted by atomic mass is 16.5. The van der Waals surface area contributed by atoms with Crippen LogP contribution in [0.1, 0.15) is 19.4 Å². The van der Waals surface area contributed by atoms with Crippen molar-refractivity contribution in [2.45, 2.75) is 20.3 Å². The van der Waals surface area contributed by atoms with Gasteiger partial charge in [0.2, 0.25) is 5.91 Å². The molecule has 122 valence electrons. The van der Waals surface area contributed by atoms with Crippen LogP contribution in [0.25, 0.3) is 0 Å². The Morgan fingerprint density at radius 1 is 1.17 bits per heavy atom. The molecular weight excluding hydrogens is 290 g/mol. The van der Waals surface area contributed by atoms with Gasteiger partial charge in [-0.1, -0.05) is 26.0 Å². The number of carbonyl (C=O) groups excluding carboxylic acids is 1. The summed E-state index contributed by atoms with van der Waals surface area (Å²) in [6.45, 7) is 5.19. The molecule has 1 aromatic heterocycles. The fourth-order valence-corrected chi connectivity index (χ4v) is 2.01. The summed E-state index contributed by atoms with van der Waals surface area (Å²) in [4.78, 5) is 16.3. The molecule has 1 heterocycles. The van der Waals surface area contributed by atoms with Gasteiger partial charge in [0.1, 0.15) is 11.6 Å². The number of anilines is 2. The molecule has 0 atom stereocenters. The molecule has 0 radical (unpaired) electrons. The molecule has 1 amide bonds. The molecule has 0 aliphatic carbocycles. The van der Waals surface area contributed by atoms with E-state index < -0.39 is 0 Å². The van der Waals surface area contributed by atoms with Crippen molar-refractivity contribution >= 4 is 17.4 Å². The minimum absolute atomic E-state index is 0.0921. The fourth-order valence-electron chi connectivity index (χ4n) is 2.01. The Labute approximate surface area is 137 Å². The van der Waals surface area contributed by atoms with Gasteiger partial charge in [0.15, 0.2) is 0 Å². The zero-order chi connectivity index (χ0) is 16.7. The van der Waals surface area contributed by atoms with Gasteiger partial charge in [0.25, 0.3) is 0 Å². The minimum atomic E-state index is -0.0921. The summed E-state index contributed by atoms with van der Waals surface area (Å²) >= 11 is 0. The predicted molar refractivity (Wildman–Crippen MR) is 92.9 cm³/mol. The normalized spacial score (nSPS) is 10.4. The Morgan fingerprint density at radius 3 is 2.48 bits per heavy atom. The first kappa shape index (κ1) is 16.8. The topological polar surface area (TPSA) is 63.2 Å². The van der Waals surface area contributed by atoms with E-state index in [1.54, 1.807) is 19.4 Å². The molecule has 23 heavy (non-hydrogen) atoms. The van der Waals surface area contributed by atoms with Gasteiger partial charge in [-0.05, 0) is 35.7 Å². The van der Waals surface area contributed by atoms with Crippen LogP contribution >= 0.6 is 0 Å². The summed E-state index contributed by atoms with van der Waals surface area (Å²) in [7, 11) is 1.62. The molecule has 1 aromatic carbocycles. The van der Waals surface area contributed by atoms with E-state index in [-0.39, 0.29) is 5.91 Å². The Kier molecular flexibility index (Phi) is 5.97. The first-order valence-corrected chi connectivity index (χ1v) is 7.69. The summed E-state index contributed by atoms with van der Waals surface area (Å²) in [6.07, 6.45) is 2.03. The van der Waals surface area contributed by atoms with Crippen molar-refractivity contribution in [2.75, 3.05) is 24.3 Å². The van der Waals surface area contributed by atoms with Gasteiger partial charge in [0.05, 0.1) is 25.4 Å². The van der Waals surface area contributed by atoms with Crippen LogP contribution in [0.3, 0.4) is 0 Å². The zero-order valence-electron chi connectivity index (χ0n) is 13.8. The monoisotopic (exact) mass is 313 g/mol. The van der Waals surface area contributed by atoms with Gasteiger partial charge < -0.3 is 15.4 Å². The summed E-state index contributed by atoms with van der Waals surface area (Å²) in [6, 6.07) is 11.2. The van der Waals surface area contributed by atoms with E-state index >= 15 is 0 Å². The highest BCUT2D eigenvalue weighted by Crippen LogP contribution is 2.13. The van der Waals surface area contributed by atoms with Crippen molar-refractivity contribution in [3.05, 3.63) is 48.2 Å². The molecule has 0 spiro atoms. The number of rotatable bonds is 7. The van der Waals surface area contributed by atoms with E-state index in [4.69, 9.17) is 4.74 Å². The number of carbonyl (C=O) groups is 1. The van der Waals surface area contributed by atoms with Gasteiger partial charge in [-0.15, -0.1) is 0 Å². The average molecular weight is 313 g/mol. The Balaban J connectivity index is 1.86. The lowest BCUT2D eigenvalue weighted by Gasteiger charge is -2.09. The van der Waals surface area contributed by atoms with Crippen molar-refractivity contribution in [2.24, 2.45) is 5.92 Å². The number of nitrogens with zero attached hydrogens (tertiary/aromatic N) is 1. The Bertz CT molecular complexity index is 622. The number of hydrogen-bond donors (Lipinski definition) is 2. The second-order valence-electron chi connectivity index (χ2n) is 5.78. The number of ether oxygens (including phenoxy) is 1. The largest absolute Gasteiger partial charge is 0.497 e. The van der Waals surface area contributed by atoms with Crippen LogP contribution in [-0.2, 0) is 11.2 Å². The summed E-state index contributed by atoms with van der Waals surface area (Å²) in [5.41, 5.74) is 1.88. The van der Waals surface area contributed by atoms with E-state index in [2.05, 4.69) is 29.5 Å². The zero-order valence-corrected chi connectivity index (χ0v) is 13.8. The quantitative estimate of drug-likeness (QED) is 0.823. The number of methoxy groups -OCH3 is 1. The summed E-state index contributed by atoms with van der Waals surface area (Å²) < 4.78 is 5.10. The van der Waals surface area contributed by atoms with Crippen molar-refractivity contribution in [1.29, 1.82) is 0 Å². The number of pyridine rings is 1. The minimum Gasteiger partial charge on any atom is -0.497 e. The maximum Gasteiger partial charge on any atom is 0.229 e. The van der Waals surface area contributed by atoms with E-state index in [1.807, 2.05) is 30.3 Å². The first-order chi connectivity index (χ1) is 11.1. The van der Waals surface area contributed by atoms with Gasteiger partial charge >= 0.3 is 0 Å².